The Morgan fingerprint density at radius 3 is 2.80 bits per heavy atom. The largest absolute Gasteiger partial charge is 0.483 e. The molecule has 1 fully saturated rings. The van der Waals surface area contributed by atoms with Gasteiger partial charge in [-0.25, -0.2) is 17.2 Å². The van der Waals surface area contributed by atoms with Crippen molar-refractivity contribution in [3.05, 3.63) is 53.5 Å². The van der Waals surface area contributed by atoms with Crippen LogP contribution in [0.1, 0.15) is 6.42 Å². The van der Waals surface area contributed by atoms with Crippen molar-refractivity contribution in [3.8, 4) is 5.75 Å². The summed E-state index contributed by atoms with van der Waals surface area (Å²) in [6.07, 6.45) is -0.0124. The second-order valence-electron chi connectivity index (χ2n) is 6.66. The third kappa shape index (κ3) is 4.64. The first-order valence-electron chi connectivity index (χ1n) is 8.84. The number of sulfonamides is 1. The van der Waals surface area contributed by atoms with Crippen molar-refractivity contribution >= 4 is 50.7 Å². The minimum absolute atomic E-state index is 0. The Bertz CT molecular complexity index is 1160. The first-order valence-corrected chi connectivity index (χ1v) is 10.7. The predicted octanol–water partition coefficient (Wildman–Crippen LogP) is 4.53. The molecule has 4 rings (SSSR count). The van der Waals surface area contributed by atoms with E-state index in [1.807, 2.05) is 0 Å². The smallest absolute Gasteiger partial charge is 0.263 e. The molecule has 6 nitrogen and oxygen atoms in total. The Hall–Kier alpha value is -2.07. The van der Waals surface area contributed by atoms with Crippen molar-refractivity contribution in [1.29, 1.82) is 0 Å². The summed E-state index contributed by atoms with van der Waals surface area (Å²) in [5.74, 6) is -0.519. The Morgan fingerprint density at radius 2 is 2.03 bits per heavy atom. The summed E-state index contributed by atoms with van der Waals surface area (Å²) in [4.78, 5) is -0.392. The number of anilines is 1. The number of benzene rings is 2. The lowest BCUT2D eigenvalue weighted by Crippen LogP contribution is -2.44. The Kier molecular flexibility index (Phi) is 6.76. The quantitative estimate of drug-likeness (QED) is 0.563. The molecular weight excluding hydrogens is 461 g/mol. The second-order valence-corrected chi connectivity index (χ2v) is 8.72. The molecule has 162 valence electrons. The number of nitrogens with one attached hydrogen (secondary N) is 2. The standard InChI is InChI=1S/C19H17ClF2N2O4S.ClH/c20-14-2-1-12(21)8-18(14)29(25,26)24-13-7-11-4-6-27-19(11)17(9-13)28-16-3-5-23-10-15(16)22;/h1-2,4,6-9,15-16,23-24H,3,5,10H2;1H. The van der Waals surface area contributed by atoms with E-state index in [1.54, 1.807) is 6.07 Å². The summed E-state index contributed by atoms with van der Waals surface area (Å²) in [6, 6.07) is 7.64. The molecule has 1 saturated heterocycles. The van der Waals surface area contributed by atoms with Crippen molar-refractivity contribution < 1.29 is 26.4 Å². The van der Waals surface area contributed by atoms with Crippen LogP contribution in [0.5, 0.6) is 5.75 Å². The average Bonchev–Trinajstić information content (AvgIpc) is 3.14. The number of rotatable bonds is 5. The molecule has 11 heteroatoms. The molecule has 2 atom stereocenters. The normalized spacial score (nSPS) is 19.3. The average molecular weight is 479 g/mol. The molecule has 0 spiro atoms. The van der Waals surface area contributed by atoms with Gasteiger partial charge in [-0.2, -0.15) is 0 Å². The molecule has 0 amide bonds. The van der Waals surface area contributed by atoms with Crippen LogP contribution in [0.25, 0.3) is 11.0 Å². The molecular formula is C19H18Cl2F2N2O4S. The van der Waals surface area contributed by atoms with Crippen molar-refractivity contribution in [2.75, 3.05) is 17.8 Å². The van der Waals surface area contributed by atoms with Crippen molar-refractivity contribution in [3.63, 3.8) is 0 Å². The SMILES string of the molecule is Cl.O=S(=O)(Nc1cc(OC2CCNCC2F)c2occc2c1)c1cc(F)ccc1Cl. The van der Waals surface area contributed by atoms with Gasteiger partial charge in [-0.1, -0.05) is 11.6 Å². The van der Waals surface area contributed by atoms with Gasteiger partial charge in [0.2, 0.25) is 0 Å². The lowest BCUT2D eigenvalue weighted by Gasteiger charge is -2.27. The molecule has 30 heavy (non-hydrogen) atoms. The van der Waals surface area contributed by atoms with E-state index in [0.717, 1.165) is 18.2 Å². The molecule has 0 bridgehead atoms. The molecule has 3 aromatic rings. The zero-order valence-corrected chi connectivity index (χ0v) is 17.8. The molecule has 1 aliphatic heterocycles. The maximum absolute atomic E-state index is 14.2. The summed E-state index contributed by atoms with van der Waals surface area (Å²) >= 11 is 5.93. The highest BCUT2D eigenvalue weighted by Crippen LogP contribution is 2.34. The van der Waals surface area contributed by atoms with Crippen LogP contribution in [0.15, 0.2) is 52.0 Å². The van der Waals surface area contributed by atoms with E-state index in [9.17, 15) is 17.2 Å². The highest BCUT2D eigenvalue weighted by Gasteiger charge is 2.28. The van der Waals surface area contributed by atoms with E-state index < -0.39 is 33.0 Å². The van der Waals surface area contributed by atoms with Gasteiger partial charge in [0.25, 0.3) is 10.0 Å². The highest BCUT2D eigenvalue weighted by atomic mass is 35.5. The van der Waals surface area contributed by atoms with Crippen molar-refractivity contribution in [2.24, 2.45) is 0 Å². The van der Waals surface area contributed by atoms with Crippen molar-refractivity contribution in [1.82, 2.24) is 5.32 Å². The zero-order valence-electron chi connectivity index (χ0n) is 15.4. The molecule has 0 saturated carbocycles. The van der Waals surface area contributed by atoms with E-state index in [-0.39, 0.29) is 35.4 Å². The summed E-state index contributed by atoms with van der Waals surface area (Å²) < 4.78 is 66.7. The Morgan fingerprint density at radius 1 is 1.23 bits per heavy atom. The van der Waals surface area contributed by atoms with Gasteiger partial charge < -0.3 is 14.5 Å². The molecule has 1 aliphatic rings. The molecule has 2 heterocycles. The van der Waals surface area contributed by atoms with Gasteiger partial charge in [0.1, 0.15) is 23.0 Å². The zero-order chi connectivity index (χ0) is 20.6. The van der Waals surface area contributed by atoms with Crippen LogP contribution in [0.2, 0.25) is 5.02 Å². The number of hydrogen-bond acceptors (Lipinski definition) is 5. The molecule has 0 radical (unpaired) electrons. The van der Waals surface area contributed by atoms with Gasteiger partial charge in [-0.15, -0.1) is 12.4 Å². The fourth-order valence-electron chi connectivity index (χ4n) is 3.18. The minimum Gasteiger partial charge on any atom is -0.483 e. The monoisotopic (exact) mass is 478 g/mol. The lowest BCUT2D eigenvalue weighted by atomic mass is 10.1. The van der Waals surface area contributed by atoms with E-state index in [0.29, 0.717) is 23.9 Å². The topological polar surface area (TPSA) is 80.6 Å². The van der Waals surface area contributed by atoms with Crippen LogP contribution in [0.3, 0.4) is 0 Å². The van der Waals surface area contributed by atoms with Crippen molar-refractivity contribution in [2.45, 2.75) is 23.6 Å². The van der Waals surface area contributed by atoms with Gasteiger partial charge in [0, 0.05) is 18.0 Å². The van der Waals surface area contributed by atoms with Gasteiger partial charge in [0.15, 0.2) is 11.3 Å². The van der Waals surface area contributed by atoms with Crippen LogP contribution in [0, 0.1) is 5.82 Å². The summed E-state index contributed by atoms with van der Waals surface area (Å²) in [6.45, 7) is 0.785. The lowest BCUT2D eigenvalue weighted by molar-refractivity contribution is 0.0736. The van der Waals surface area contributed by atoms with E-state index in [1.165, 1.54) is 18.4 Å². The van der Waals surface area contributed by atoms with Crippen LogP contribution in [0.4, 0.5) is 14.5 Å². The summed E-state index contributed by atoms with van der Waals surface area (Å²) in [5.41, 5.74) is 0.529. The first-order chi connectivity index (χ1) is 13.8. The number of piperidine rings is 1. The van der Waals surface area contributed by atoms with Gasteiger partial charge >= 0.3 is 0 Å². The van der Waals surface area contributed by atoms with Gasteiger partial charge in [-0.3, -0.25) is 4.72 Å². The number of hydrogen-bond donors (Lipinski definition) is 2. The summed E-state index contributed by atoms with van der Waals surface area (Å²) in [5, 5.41) is 3.39. The maximum Gasteiger partial charge on any atom is 0.263 e. The van der Waals surface area contributed by atoms with Gasteiger partial charge in [-0.05, 0) is 43.3 Å². The van der Waals surface area contributed by atoms with E-state index in [2.05, 4.69) is 10.0 Å². The fourth-order valence-corrected chi connectivity index (χ4v) is 4.73. The second kappa shape index (κ2) is 8.97. The van der Waals surface area contributed by atoms with E-state index >= 15 is 0 Å². The van der Waals surface area contributed by atoms with Crippen LogP contribution in [-0.4, -0.2) is 33.8 Å². The Labute approximate surface area is 183 Å². The fraction of sp³-hybridized carbons (Fsp3) is 0.263. The number of furan rings is 1. The number of alkyl halides is 1. The Balaban J connectivity index is 0.00000256. The summed E-state index contributed by atoms with van der Waals surface area (Å²) in [7, 11) is -4.17. The molecule has 2 unspecified atom stereocenters. The minimum atomic E-state index is -4.17. The first kappa shape index (κ1) is 22.6. The van der Waals surface area contributed by atoms with Crippen LogP contribution in [-0.2, 0) is 10.0 Å². The number of fused-ring (bicyclic) bond motifs is 1. The van der Waals surface area contributed by atoms with Crippen LogP contribution < -0.4 is 14.8 Å². The number of halogens is 4. The maximum atomic E-state index is 14.2. The third-order valence-electron chi connectivity index (χ3n) is 4.58. The predicted molar refractivity (Wildman–Crippen MR) is 112 cm³/mol. The number of ether oxygens (including phenoxy) is 1. The molecule has 0 aliphatic carbocycles. The molecule has 1 aromatic heterocycles. The van der Waals surface area contributed by atoms with Crippen LogP contribution >= 0.6 is 24.0 Å². The highest BCUT2D eigenvalue weighted by molar-refractivity contribution is 7.92. The third-order valence-corrected chi connectivity index (χ3v) is 6.44. The van der Waals surface area contributed by atoms with Gasteiger partial charge in [0.05, 0.1) is 17.0 Å². The molecule has 2 N–H and O–H groups in total. The van der Waals surface area contributed by atoms with E-state index in [4.69, 9.17) is 20.8 Å². The molecule has 2 aromatic carbocycles.